The molecule has 1 aliphatic heterocycles. The van der Waals surface area contributed by atoms with E-state index >= 15 is 0 Å². The Labute approximate surface area is 155 Å². The lowest BCUT2D eigenvalue weighted by Crippen LogP contribution is -2.22. The second-order valence-corrected chi connectivity index (χ2v) is 6.67. The van der Waals surface area contributed by atoms with Crippen molar-refractivity contribution < 1.29 is 19.1 Å². The highest BCUT2D eigenvalue weighted by atomic mass is 16.5. The number of nitrogens with one attached hydrogen (secondary N) is 1. The lowest BCUT2D eigenvalue weighted by Gasteiger charge is -2.14. The van der Waals surface area contributed by atoms with Crippen molar-refractivity contribution in [1.82, 2.24) is 5.32 Å². The normalized spacial score (nSPS) is 15.7. The van der Waals surface area contributed by atoms with Gasteiger partial charge in [0, 0.05) is 0 Å². The van der Waals surface area contributed by atoms with Gasteiger partial charge in [0.25, 0.3) is 5.91 Å². The summed E-state index contributed by atoms with van der Waals surface area (Å²) in [5, 5.41) is 13.2. The number of ether oxygens (including phenoxy) is 1. The topological polar surface area (TPSA) is 88.8 Å². The van der Waals surface area contributed by atoms with E-state index < -0.39 is 11.9 Å². The van der Waals surface area contributed by atoms with E-state index in [-0.39, 0.29) is 22.5 Å². The number of rotatable bonds is 3. The summed E-state index contributed by atoms with van der Waals surface area (Å²) in [5.41, 5.74) is 3.05. The smallest absolute Gasteiger partial charge is 0.288 e. The van der Waals surface area contributed by atoms with Gasteiger partial charge in [-0.1, -0.05) is 6.07 Å². The fraction of sp³-hybridized carbons (Fsp3) is 0.238. The first kappa shape index (κ1) is 17.1. The van der Waals surface area contributed by atoms with Crippen LogP contribution < -0.4 is 15.5 Å². The first-order valence-corrected chi connectivity index (χ1v) is 8.75. The molecule has 0 fully saturated rings. The van der Waals surface area contributed by atoms with Crippen LogP contribution in [0.25, 0.3) is 11.0 Å². The molecule has 0 aliphatic carbocycles. The zero-order chi connectivity index (χ0) is 19.3. The molecule has 4 rings (SSSR count). The minimum atomic E-state index is -0.658. The van der Waals surface area contributed by atoms with Crippen molar-refractivity contribution in [2.75, 3.05) is 6.61 Å². The van der Waals surface area contributed by atoms with Crippen LogP contribution in [0, 0.1) is 13.8 Å². The summed E-state index contributed by atoms with van der Waals surface area (Å²) in [6, 6.07) is 7.68. The maximum absolute atomic E-state index is 13.2. The molecule has 27 heavy (non-hydrogen) atoms. The van der Waals surface area contributed by atoms with Crippen molar-refractivity contribution in [3.63, 3.8) is 0 Å². The Morgan fingerprint density at radius 2 is 1.89 bits per heavy atom. The molecule has 6 heteroatoms. The van der Waals surface area contributed by atoms with Crippen LogP contribution in [0.5, 0.6) is 11.5 Å². The molecule has 0 radical (unpaired) electrons. The van der Waals surface area contributed by atoms with E-state index in [4.69, 9.17) is 9.15 Å². The SMILES string of the molecule is CCOc1cc(C2NC(=O)c3oc4cc(C)c(C)cc4c(=O)c32)ccc1O. The van der Waals surface area contributed by atoms with Gasteiger partial charge in [-0.2, -0.15) is 0 Å². The average Bonchev–Trinajstić information content (AvgIpc) is 2.96. The largest absolute Gasteiger partial charge is 0.504 e. The van der Waals surface area contributed by atoms with Crippen LogP contribution in [0.3, 0.4) is 0 Å². The molecule has 6 nitrogen and oxygen atoms in total. The Morgan fingerprint density at radius 3 is 2.63 bits per heavy atom. The monoisotopic (exact) mass is 365 g/mol. The number of phenols is 1. The van der Waals surface area contributed by atoms with Crippen molar-refractivity contribution in [2.24, 2.45) is 0 Å². The maximum atomic E-state index is 13.2. The number of phenolic OH excluding ortho intramolecular Hbond substituents is 1. The van der Waals surface area contributed by atoms with Gasteiger partial charge in [0.15, 0.2) is 16.9 Å². The van der Waals surface area contributed by atoms with Gasteiger partial charge < -0.3 is 19.6 Å². The summed E-state index contributed by atoms with van der Waals surface area (Å²) in [7, 11) is 0. The van der Waals surface area contributed by atoms with E-state index in [0.717, 1.165) is 11.1 Å². The predicted molar refractivity (Wildman–Crippen MR) is 101 cm³/mol. The number of amides is 1. The molecule has 0 saturated carbocycles. The molecule has 0 saturated heterocycles. The Bertz CT molecular complexity index is 1150. The lowest BCUT2D eigenvalue weighted by atomic mass is 9.98. The van der Waals surface area contributed by atoms with E-state index in [1.54, 1.807) is 24.3 Å². The third kappa shape index (κ3) is 2.65. The molecule has 1 aliphatic rings. The van der Waals surface area contributed by atoms with E-state index in [1.807, 2.05) is 20.8 Å². The molecule has 3 aromatic rings. The van der Waals surface area contributed by atoms with E-state index in [2.05, 4.69) is 5.32 Å². The Hall–Kier alpha value is -3.28. The minimum Gasteiger partial charge on any atom is -0.504 e. The van der Waals surface area contributed by atoms with Gasteiger partial charge in [-0.25, -0.2) is 0 Å². The lowest BCUT2D eigenvalue weighted by molar-refractivity contribution is 0.0938. The van der Waals surface area contributed by atoms with Crippen LogP contribution in [0.2, 0.25) is 0 Å². The molecule has 2 heterocycles. The van der Waals surface area contributed by atoms with Crippen LogP contribution in [0.4, 0.5) is 0 Å². The quantitative estimate of drug-likeness (QED) is 0.743. The number of hydrogen-bond donors (Lipinski definition) is 2. The van der Waals surface area contributed by atoms with Crippen LogP contribution in [-0.4, -0.2) is 17.6 Å². The van der Waals surface area contributed by atoms with Crippen molar-refractivity contribution in [1.29, 1.82) is 0 Å². The van der Waals surface area contributed by atoms with Crippen LogP contribution in [0.1, 0.15) is 45.8 Å². The number of aromatic hydroxyl groups is 1. The highest BCUT2D eigenvalue weighted by molar-refractivity contribution is 5.99. The molecule has 0 bridgehead atoms. The zero-order valence-electron chi connectivity index (χ0n) is 15.3. The summed E-state index contributed by atoms with van der Waals surface area (Å²) in [4.78, 5) is 25.6. The molecule has 1 amide bonds. The third-order valence-electron chi connectivity index (χ3n) is 4.93. The molecule has 0 spiro atoms. The molecule has 1 atom stereocenters. The summed E-state index contributed by atoms with van der Waals surface area (Å²) in [6.07, 6.45) is 0. The van der Waals surface area contributed by atoms with Crippen LogP contribution in [-0.2, 0) is 0 Å². The number of benzene rings is 2. The van der Waals surface area contributed by atoms with E-state index in [0.29, 0.717) is 28.9 Å². The van der Waals surface area contributed by atoms with Crippen molar-refractivity contribution in [3.8, 4) is 11.5 Å². The van der Waals surface area contributed by atoms with Gasteiger partial charge in [-0.3, -0.25) is 9.59 Å². The number of aryl methyl sites for hydroxylation is 2. The Morgan fingerprint density at radius 1 is 1.15 bits per heavy atom. The fourth-order valence-corrected chi connectivity index (χ4v) is 3.40. The van der Waals surface area contributed by atoms with Gasteiger partial charge >= 0.3 is 0 Å². The third-order valence-corrected chi connectivity index (χ3v) is 4.93. The second kappa shape index (κ2) is 6.16. The molecule has 2 aromatic carbocycles. The van der Waals surface area contributed by atoms with Crippen LogP contribution in [0.15, 0.2) is 39.5 Å². The van der Waals surface area contributed by atoms with Gasteiger partial charge in [0.1, 0.15) is 5.58 Å². The zero-order valence-corrected chi connectivity index (χ0v) is 15.3. The van der Waals surface area contributed by atoms with Crippen molar-refractivity contribution >= 4 is 16.9 Å². The van der Waals surface area contributed by atoms with E-state index in [1.165, 1.54) is 6.07 Å². The van der Waals surface area contributed by atoms with Crippen molar-refractivity contribution in [2.45, 2.75) is 26.8 Å². The minimum absolute atomic E-state index is 0.00166. The highest BCUT2D eigenvalue weighted by Crippen LogP contribution is 2.35. The Kier molecular flexibility index (Phi) is 3.91. The molecule has 1 aromatic heterocycles. The first-order chi connectivity index (χ1) is 12.9. The summed E-state index contributed by atoms with van der Waals surface area (Å²) < 4.78 is 11.2. The molecular formula is C21H19NO5. The number of carbonyl (C=O) groups is 1. The predicted octanol–water partition coefficient (Wildman–Crippen LogP) is 3.35. The summed E-state index contributed by atoms with van der Waals surface area (Å²) in [5.74, 6) is -0.0961. The molecule has 138 valence electrons. The Balaban J connectivity index is 1.93. The van der Waals surface area contributed by atoms with Gasteiger partial charge in [-0.05, 0) is 61.7 Å². The van der Waals surface area contributed by atoms with E-state index in [9.17, 15) is 14.7 Å². The summed E-state index contributed by atoms with van der Waals surface area (Å²) in [6.45, 7) is 6.05. The molecular weight excluding hydrogens is 346 g/mol. The number of fused-ring (bicyclic) bond motifs is 2. The van der Waals surface area contributed by atoms with Crippen LogP contribution >= 0.6 is 0 Å². The molecule has 2 N–H and O–H groups in total. The van der Waals surface area contributed by atoms with Crippen molar-refractivity contribution in [3.05, 3.63) is 68.6 Å². The molecule has 1 unspecified atom stereocenters. The highest BCUT2D eigenvalue weighted by Gasteiger charge is 2.36. The average molecular weight is 365 g/mol. The summed E-state index contributed by atoms with van der Waals surface area (Å²) >= 11 is 0. The number of carbonyl (C=O) groups excluding carboxylic acids is 1. The van der Waals surface area contributed by atoms with Gasteiger partial charge in [0.05, 0.1) is 23.6 Å². The fourth-order valence-electron chi connectivity index (χ4n) is 3.40. The van der Waals surface area contributed by atoms with Gasteiger partial charge in [0.2, 0.25) is 5.76 Å². The maximum Gasteiger partial charge on any atom is 0.288 e. The van der Waals surface area contributed by atoms with Gasteiger partial charge in [-0.15, -0.1) is 0 Å². The first-order valence-electron chi connectivity index (χ1n) is 8.75. The number of hydrogen-bond acceptors (Lipinski definition) is 5. The standard InChI is InChI=1S/C21H19NO5/c1-4-26-16-9-12(5-6-14(16)23)18-17-19(24)13-7-10(2)11(3)8-15(13)27-20(17)21(25)22-18/h5-9,18,23H,4H2,1-3H3,(H,22,25). The second-order valence-electron chi connectivity index (χ2n) is 6.67.